The minimum absolute atomic E-state index is 0.0196. The summed E-state index contributed by atoms with van der Waals surface area (Å²) in [6.45, 7) is 3.61. The molecule has 0 spiro atoms. The molecule has 0 fully saturated rings. The van der Waals surface area contributed by atoms with Crippen molar-refractivity contribution in [3.8, 4) is 23.0 Å². The number of aromatic hydroxyl groups is 1. The first-order chi connectivity index (χ1) is 11.3. The van der Waals surface area contributed by atoms with E-state index in [0.717, 1.165) is 12.1 Å². The predicted molar refractivity (Wildman–Crippen MR) is 83.8 cm³/mol. The quantitative estimate of drug-likeness (QED) is 0.617. The van der Waals surface area contributed by atoms with Gasteiger partial charge in [0.1, 0.15) is 11.3 Å². The van der Waals surface area contributed by atoms with E-state index in [1.54, 1.807) is 0 Å². The van der Waals surface area contributed by atoms with E-state index >= 15 is 0 Å². The Bertz CT molecular complexity index is 993. The van der Waals surface area contributed by atoms with Gasteiger partial charge in [-0.1, -0.05) is 12.7 Å². The average molecular weight is 351 g/mol. The molecule has 9 heteroatoms. The monoisotopic (exact) mass is 351 g/mol. The summed E-state index contributed by atoms with van der Waals surface area (Å²) >= 11 is 0. The summed E-state index contributed by atoms with van der Waals surface area (Å²) in [5.74, 6) is -1.52. The van der Waals surface area contributed by atoms with Gasteiger partial charge in [0.05, 0.1) is 0 Å². The van der Waals surface area contributed by atoms with E-state index in [0.29, 0.717) is 16.7 Å². The van der Waals surface area contributed by atoms with Crippen molar-refractivity contribution in [3.05, 3.63) is 48.3 Å². The molecule has 3 aromatic rings. The standard InChI is InChI=1S/C15H11FNO6P/c1-2-8-5-10(18)7-12-14(8)22-15(17-12)9-3-4-13(11(16)6-9)23-24(19,20)21/h2-7,18H,1H2,(H2,19,20,21). The van der Waals surface area contributed by atoms with E-state index in [1.807, 2.05) is 0 Å². The molecule has 7 nitrogen and oxygen atoms in total. The van der Waals surface area contributed by atoms with Crippen LogP contribution in [0.25, 0.3) is 28.6 Å². The van der Waals surface area contributed by atoms with Crippen molar-refractivity contribution < 1.29 is 32.8 Å². The molecular weight excluding hydrogens is 340 g/mol. The van der Waals surface area contributed by atoms with Gasteiger partial charge in [-0.15, -0.1) is 0 Å². The van der Waals surface area contributed by atoms with Crippen molar-refractivity contribution in [2.75, 3.05) is 0 Å². The summed E-state index contributed by atoms with van der Waals surface area (Å²) in [4.78, 5) is 21.6. The predicted octanol–water partition coefficient (Wildman–Crippen LogP) is 3.45. The van der Waals surface area contributed by atoms with Crippen LogP contribution >= 0.6 is 7.82 Å². The molecule has 3 rings (SSSR count). The number of oxazole rings is 1. The lowest BCUT2D eigenvalue weighted by Crippen LogP contribution is -1.93. The molecule has 3 N–H and O–H groups in total. The molecule has 24 heavy (non-hydrogen) atoms. The summed E-state index contributed by atoms with van der Waals surface area (Å²) in [5, 5.41) is 9.63. The second-order valence-corrected chi connectivity index (χ2v) is 6.00. The second kappa shape index (κ2) is 5.76. The molecule has 0 aliphatic carbocycles. The fourth-order valence-corrected chi connectivity index (χ4v) is 2.56. The first-order valence-corrected chi connectivity index (χ1v) is 8.11. The van der Waals surface area contributed by atoms with E-state index in [9.17, 15) is 14.1 Å². The van der Waals surface area contributed by atoms with Gasteiger partial charge in [0.15, 0.2) is 17.1 Å². The van der Waals surface area contributed by atoms with Gasteiger partial charge in [-0.05, 0) is 24.3 Å². The molecule has 0 bridgehead atoms. The van der Waals surface area contributed by atoms with Crippen molar-refractivity contribution in [1.82, 2.24) is 4.98 Å². The zero-order valence-corrected chi connectivity index (χ0v) is 12.9. The van der Waals surface area contributed by atoms with Crippen LogP contribution in [0.4, 0.5) is 4.39 Å². The molecule has 0 amide bonds. The van der Waals surface area contributed by atoms with Crippen molar-refractivity contribution in [2.45, 2.75) is 0 Å². The highest BCUT2D eigenvalue weighted by molar-refractivity contribution is 7.46. The Morgan fingerprint density at radius 2 is 2.04 bits per heavy atom. The summed E-state index contributed by atoms with van der Waals surface area (Å²) in [5.41, 5.74) is 1.48. The average Bonchev–Trinajstić information content (AvgIpc) is 2.90. The number of halogens is 1. The minimum atomic E-state index is -4.86. The largest absolute Gasteiger partial charge is 0.524 e. The Hall–Kier alpha value is -2.67. The van der Waals surface area contributed by atoms with Crippen LogP contribution in [0.1, 0.15) is 5.56 Å². The Morgan fingerprint density at radius 1 is 1.29 bits per heavy atom. The molecule has 0 radical (unpaired) electrons. The zero-order valence-electron chi connectivity index (χ0n) is 12.0. The van der Waals surface area contributed by atoms with Crippen LogP contribution in [0.5, 0.6) is 11.5 Å². The summed E-state index contributed by atoms with van der Waals surface area (Å²) in [7, 11) is -4.86. The molecule has 0 atom stereocenters. The van der Waals surface area contributed by atoms with Crippen LogP contribution in [0.2, 0.25) is 0 Å². The zero-order chi connectivity index (χ0) is 17.5. The normalized spacial score (nSPS) is 11.6. The van der Waals surface area contributed by atoms with Crippen LogP contribution in [-0.4, -0.2) is 19.9 Å². The first-order valence-electron chi connectivity index (χ1n) is 6.58. The topological polar surface area (TPSA) is 113 Å². The van der Waals surface area contributed by atoms with Gasteiger partial charge in [0.2, 0.25) is 5.89 Å². The van der Waals surface area contributed by atoms with Gasteiger partial charge in [-0.25, -0.2) is 13.9 Å². The molecule has 1 heterocycles. The molecule has 0 unspecified atom stereocenters. The maximum atomic E-state index is 13.9. The van der Waals surface area contributed by atoms with Crippen LogP contribution in [0.15, 0.2) is 41.3 Å². The molecule has 124 valence electrons. The maximum Gasteiger partial charge on any atom is 0.524 e. The highest BCUT2D eigenvalue weighted by atomic mass is 31.2. The van der Waals surface area contributed by atoms with Gasteiger partial charge in [0, 0.05) is 17.2 Å². The summed E-state index contributed by atoms with van der Waals surface area (Å²) < 4.78 is 34.5. The number of phosphoric acid groups is 1. The van der Waals surface area contributed by atoms with Crippen molar-refractivity contribution in [2.24, 2.45) is 0 Å². The number of hydrogen-bond donors (Lipinski definition) is 3. The number of hydrogen-bond acceptors (Lipinski definition) is 5. The van der Waals surface area contributed by atoms with E-state index in [1.165, 1.54) is 24.3 Å². The third-order valence-electron chi connectivity index (χ3n) is 3.12. The number of benzene rings is 2. The van der Waals surface area contributed by atoms with Crippen molar-refractivity contribution >= 4 is 25.0 Å². The Balaban J connectivity index is 2.06. The number of phenols is 1. The molecule has 2 aromatic carbocycles. The molecule has 1 aromatic heterocycles. The fraction of sp³-hybridized carbons (Fsp3) is 0. The Kier molecular flexibility index (Phi) is 3.88. The van der Waals surface area contributed by atoms with Crippen LogP contribution in [0.3, 0.4) is 0 Å². The smallest absolute Gasteiger partial charge is 0.508 e. The summed E-state index contributed by atoms with van der Waals surface area (Å²) in [6, 6.07) is 6.21. The lowest BCUT2D eigenvalue weighted by molar-refractivity contribution is 0.278. The molecule has 0 aliphatic heterocycles. The molecule has 0 saturated heterocycles. The van der Waals surface area contributed by atoms with E-state index < -0.39 is 19.4 Å². The number of fused-ring (bicyclic) bond motifs is 1. The molecule has 0 saturated carbocycles. The van der Waals surface area contributed by atoms with Gasteiger partial charge in [-0.2, -0.15) is 0 Å². The van der Waals surface area contributed by atoms with E-state index in [2.05, 4.69) is 16.1 Å². The number of nitrogens with zero attached hydrogens (tertiary/aromatic N) is 1. The lowest BCUT2D eigenvalue weighted by atomic mass is 10.2. The first kappa shape index (κ1) is 16.2. The second-order valence-electron chi connectivity index (χ2n) is 4.83. The van der Waals surface area contributed by atoms with Crippen molar-refractivity contribution in [1.29, 1.82) is 0 Å². The van der Waals surface area contributed by atoms with Crippen LogP contribution in [0, 0.1) is 5.82 Å². The van der Waals surface area contributed by atoms with Crippen molar-refractivity contribution in [3.63, 3.8) is 0 Å². The Morgan fingerprint density at radius 3 is 2.67 bits per heavy atom. The number of phosphoric ester groups is 1. The SMILES string of the molecule is C=Cc1cc(O)cc2nc(-c3ccc(OP(=O)(O)O)c(F)c3)oc12. The van der Waals surface area contributed by atoms with Gasteiger partial charge in [-0.3, -0.25) is 9.79 Å². The van der Waals surface area contributed by atoms with E-state index in [-0.39, 0.29) is 17.2 Å². The highest BCUT2D eigenvalue weighted by Gasteiger charge is 2.20. The van der Waals surface area contributed by atoms with E-state index in [4.69, 9.17) is 14.2 Å². The van der Waals surface area contributed by atoms with Crippen LogP contribution in [-0.2, 0) is 4.57 Å². The lowest BCUT2D eigenvalue weighted by Gasteiger charge is -2.07. The van der Waals surface area contributed by atoms with Gasteiger partial charge < -0.3 is 14.0 Å². The third-order valence-corrected chi connectivity index (χ3v) is 3.55. The third kappa shape index (κ3) is 3.16. The number of phenolic OH excluding ortho intramolecular Hbond substituents is 1. The number of rotatable bonds is 4. The van der Waals surface area contributed by atoms with Gasteiger partial charge >= 0.3 is 7.82 Å². The maximum absolute atomic E-state index is 13.9. The van der Waals surface area contributed by atoms with Gasteiger partial charge in [0.25, 0.3) is 0 Å². The van der Waals surface area contributed by atoms with Crippen LogP contribution < -0.4 is 4.52 Å². The number of aromatic nitrogens is 1. The molecular formula is C15H11FNO6P. The fourth-order valence-electron chi connectivity index (χ4n) is 2.15. The highest BCUT2D eigenvalue weighted by Crippen LogP contribution is 2.39. The summed E-state index contributed by atoms with van der Waals surface area (Å²) in [6.07, 6.45) is 1.48. The molecule has 0 aliphatic rings. The minimum Gasteiger partial charge on any atom is -0.508 e. The Labute approximate surface area is 134 Å².